The average Bonchev–Trinajstić information content (AvgIpc) is 1.85. The van der Waals surface area contributed by atoms with Crippen molar-refractivity contribution in [2.45, 2.75) is 38.9 Å². The van der Waals surface area contributed by atoms with Crippen LogP contribution in [-0.2, 0) is 0 Å². The Hall–Kier alpha value is -0.303. The standard InChI is InChI=1S/C10H20OSi/c1-10(2,3)12(4,5)9-7-6-8-11/h6,9,11H,8H2,1-5H3. The molecule has 0 saturated heterocycles. The molecule has 0 aliphatic heterocycles. The first-order chi connectivity index (χ1) is 5.31. The van der Waals surface area contributed by atoms with Gasteiger partial charge in [-0.05, 0) is 11.1 Å². The van der Waals surface area contributed by atoms with Crippen molar-refractivity contribution in [2.24, 2.45) is 0 Å². The van der Waals surface area contributed by atoms with Gasteiger partial charge < -0.3 is 5.11 Å². The summed E-state index contributed by atoms with van der Waals surface area (Å²) in [5.41, 5.74) is 5.20. The minimum absolute atomic E-state index is 0.0884. The fourth-order valence-corrected chi connectivity index (χ4v) is 1.50. The van der Waals surface area contributed by atoms with Crippen LogP contribution >= 0.6 is 0 Å². The van der Waals surface area contributed by atoms with E-state index in [0.717, 1.165) is 0 Å². The van der Waals surface area contributed by atoms with Crippen LogP contribution < -0.4 is 0 Å². The summed E-state index contributed by atoms with van der Waals surface area (Å²) in [6.45, 7) is 11.5. The zero-order valence-corrected chi connectivity index (χ0v) is 9.81. The highest BCUT2D eigenvalue weighted by Gasteiger charge is 2.32. The second-order valence-electron chi connectivity index (χ2n) is 4.67. The maximum absolute atomic E-state index is 8.54. The molecule has 0 aromatic heterocycles. The van der Waals surface area contributed by atoms with Crippen LogP contribution in [0.1, 0.15) is 20.8 Å². The molecule has 12 heavy (non-hydrogen) atoms. The van der Waals surface area contributed by atoms with Gasteiger partial charge in [-0.1, -0.05) is 39.6 Å². The molecule has 0 radical (unpaired) electrons. The van der Waals surface area contributed by atoms with E-state index in [1.807, 2.05) is 0 Å². The van der Waals surface area contributed by atoms with Gasteiger partial charge in [0.25, 0.3) is 0 Å². The van der Waals surface area contributed by atoms with E-state index in [2.05, 4.69) is 45.3 Å². The van der Waals surface area contributed by atoms with E-state index in [9.17, 15) is 0 Å². The first kappa shape index (κ1) is 11.7. The molecule has 0 fully saturated rings. The Balaban J connectivity index is 4.54. The predicted octanol–water partition coefficient (Wildman–Crippen LogP) is 2.74. The van der Waals surface area contributed by atoms with E-state index in [4.69, 9.17) is 5.11 Å². The number of rotatable bonds is 2. The Morgan fingerprint density at radius 2 is 1.83 bits per heavy atom. The van der Waals surface area contributed by atoms with Crippen LogP contribution in [0.5, 0.6) is 0 Å². The SMILES string of the molecule is CC(C)(C)[Si](C)(C)C=C=CCO. The van der Waals surface area contributed by atoms with E-state index in [1.165, 1.54) is 0 Å². The third kappa shape index (κ3) is 3.40. The minimum atomic E-state index is -1.32. The first-order valence-corrected chi connectivity index (χ1v) is 7.42. The molecule has 0 bridgehead atoms. The summed E-state index contributed by atoms with van der Waals surface area (Å²) in [7, 11) is -1.32. The summed E-state index contributed by atoms with van der Waals surface area (Å²) in [4.78, 5) is 0. The summed E-state index contributed by atoms with van der Waals surface area (Å²) >= 11 is 0. The minimum Gasteiger partial charge on any atom is -0.392 e. The average molecular weight is 184 g/mol. The molecule has 0 unspecified atom stereocenters. The van der Waals surface area contributed by atoms with Crippen molar-refractivity contribution in [1.82, 2.24) is 0 Å². The van der Waals surface area contributed by atoms with Crippen molar-refractivity contribution >= 4 is 8.07 Å². The molecule has 0 amide bonds. The van der Waals surface area contributed by atoms with Crippen LogP contribution in [0.4, 0.5) is 0 Å². The van der Waals surface area contributed by atoms with Crippen LogP contribution in [0, 0.1) is 0 Å². The van der Waals surface area contributed by atoms with Gasteiger partial charge in [-0.25, -0.2) is 0 Å². The second kappa shape index (κ2) is 4.08. The van der Waals surface area contributed by atoms with Gasteiger partial charge in [0.1, 0.15) is 0 Å². The summed E-state index contributed by atoms with van der Waals surface area (Å²) in [6, 6.07) is 0. The fraction of sp³-hybridized carbons (Fsp3) is 0.700. The molecular formula is C10H20OSi. The molecule has 2 heteroatoms. The van der Waals surface area contributed by atoms with Gasteiger partial charge in [-0.2, -0.15) is 0 Å². The third-order valence-electron chi connectivity index (χ3n) is 2.59. The van der Waals surface area contributed by atoms with E-state index < -0.39 is 8.07 Å². The molecule has 0 saturated carbocycles. The Morgan fingerprint density at radius 1 is 1.33 bits per heavy atom. The van der Waals surface area contributed by atoms with Crippen LogP contribution in [-0.4, -0.2) is 19.8 Å². The van der Waals surface area contributed by atoms with Gasteiger partial charge in [0.15, 0.2) is 0 Å². The maximum Gasteiger partial charge on any atom is 0.0864 e. The van der Waals surface area contributed by atoms with Gasteiger partial charge in [-0.15, -0.1) is 5.73 Å². The van der Waals surface area contributed by atoms with Crippen molar-refractivity contribution in [1.29, 1.82) is 0 Å². The van der Waals surface area contributed by atoms with Crippen molar-refractivity contribution in [3.8, 4) is 0 Å². The fourth-order valence-electron chi connectivity index (χ4n) is 0.536. The smallest absolute Gasteiger partial charge is 0.0864 e. The number of hydrogen-bond acceptors (Lipinski definition) is 1. The third-order valence-corrected chi connectivity index (χ3v) is 7.34. The Kier molecular flexibility index (Phi) is 3.98. The first-order valence-electron chi connectivity index (χ1n) is 4.34. The lowest BCUT2D eigenvalue weighted by Gasteiger charge is -2.33. The van der Waals surface area contributed by atoms with E-state index >= 15 is 0 Å². The summed E-state index contributed by atoms with van der Waals surface area (Å²) in [5, 5.41) is 8.91. The van der Waals surface area contributed by atoms with Gasteiger partial charge in [0.2, 0.25) is 0 Å². The molecule has 70 valence electrons. The normalized spacial score (nSPS) is 12.2. The zero-order chi connectivity index (χ0) is 9.83. The zero-order valence-electron chi connectivity index (χ0n) is 8.81. The van der Waals surface area contributed by atoms with E-state index in [1.54, 1.807) is 6.08 Å². The second-order valence-corrected chi connectivity index (χ2v) is 9.90. The largest absolute Gasteiger partial charge is 0.392 e. The Morgan fingerprint density at radius 3 is 2.17 bits per heavy atom. The molecule has 0 aliphatic carbocycles. The molecule has 0 atom stereocenters. The Labute approximate surface area is 76.8 Å². The van der Waals surface area contributed by atoms with Gasteiger partial charge in [-0.3, -0.25) is 0 Å². The number of hydrogen-bond donors (Lipinski definition) is 1. The molecule has 0 heterocycles. The molecular weight excluding hydrogens is 164 g/mol. The van der Waals surface area contributed by atoms with Crippen molar-refractivity contribution < 1.29 is 5.11 Å². The van der Waals surface area contributed by atoms with Crippen LogP contribution in [0.2, 0.25) is 18.1 Å². The Bertz CT molecular complexity index is 192. The lowest BCUT2D eigenvalue weighted by Crippen LogP contribution is -2.34. The van der Waals surface area contributed by atoms with Crippen molar-refractivity contribution in [2.75, 3.05) is 6.61 Å². The van der Waals surface area contributed by atoms with Crippen molar-refractivity contribution in [3.05, 3.63) is 17.5 Å². The molecule has 0 aromatic rings. The lowest BCUT2D eigenvalue weighted by molar-refractivity contribution is 0.343. The summed E-state index contributed by atoms with van der Waals surface area (Å²) in [6.07, 6.45) is 1.67. The topological polar surface area (TPSA) is 20.2 Å². The highest BCUT2D eigenvalue weighted by molar-refractivity contribution is 6.84. The highest BCUT2D eigenvalue weighted by Crippen LogP contribution is 2.36. The highest BCUT2D eigenvalue weighted by atomic mass is 28.3. The molecule has 0 rings (SSSR count). The monoisotopic (exact) mass is 184 g/mol. The predicted molar refractivity (Wildman–Crippen MR) is 56.9 cm³/mol. The van der Waals surface area contributed by atoms with Crippen LogP contribution in [0.25, 0.3) is 0 Å². The van der Waals surface area contributed by atoms with Crippen LogP contribution in [0.3, 0.4) is 0 Å². The molecule has 0 aromatic carbocycles. The number of aliphatic hydroxyl groups excluding tert-OH is 1. The summed E-state index contributed by atoms with van der Waals surface area (Å²) in [5.74, 6) is 0. The maximum atomic E-state index is 8.54. The molecule has 1 N–H and O–H groups in total. The van der Waals surface area contributed by atoms with E-state index in [0.29, 0.717) is 5.04 Å². The van der Waals surface area contributed by atoms with Crippen LogP contribution in [0.15, 0.2) is 17.5 Å². The molecule has 0 aliphatic rings. The molecule has 1 nitrogen and oxygen atoms in total. The molecule has 0 spiro atoms. The van der Waals surface area contributed by atoms with Gasteiger partial charge in [0.05, 0.1) is 14.7 Å². The lowest BCUT2D eigenvalue weighted by atomic mass is 10.2. The number of aliphatic hydroxyl groups is 1. The summed E-state index contributed by atoms with van der Waals surface area (Å²) < 4.78 is 0. The van der Waals surface area contributed by atoms with Gasteiger partial charge >= 0.3 is 0 Å². The quantitative estimate of drug-likeness (QED) is 0.517. The van der Waals surface area contributed by atoms with E-state index in [-0.39, 0.29) is 6.61 Å². The van der Waals surface area contributed by atoms with Gasteiger partial charge in [0, 0.05) is 0 Å². The van der Waals surface area contributed by atoms with Crippen molar-refractivity contribution in [3.63, 3.8) is 0 Å².